The molecule has 0 spiro atoms. The molecule has 0 bridgehead atoms. The highest BCUT2D eigenvalue weighted by Gasteiger charge is 2.12. The maximum absolute atomic E-state index is 9.40. The second-order valence-corrected chi connectivity index (χ2v) is 5.31. The van der Waals surface area contributed by atoms with Gasteiger partial charge in [-0.15, -0.1) is 0 Å². The van der Waals surface area contributed by atoms with E-state index in [1.54, 1.807) is 0 Å². The minimum atomic E-state index is 0.297. The maximum atomic E-state index is 9.40. The Morgan fingerprint density at radius 1 is 1.19 bits per heavy atom. The van der Waals surface area contributed by atoms with Gasteiger partial charge < -0.3 is 5.11 Å². The van der Waals surface area contributed by atoms with Crippen LogP contribution in [0.4, 0.5) is 0 Å². The first-order valence-corrected chi connectivity index (χ1v) is 6.20. The van der Waals surface area contributed by atoms with E-state index in [0.29, 0.717) is 18.4 Å². The van der Waals surface area contributed by atoms with E-state index < -0.39 is 0 Å². The number of benzene rings is 1. The van der Waals surface area contributed by atoms with Gasteiger partial charge in [0.2, 0.25) is 0 Å². The van der Waals surface area contributed by atoms with Crippen LogP contribution < -0.4 is 0 Å². The third-order valence-electron chi connectivity index (χ3n) is 3.08. The van der Waals surface area contributed by atoms with Gasteiger partial charge in [0.1, 0.15) is 0 Å². The summed E-state index contributed by atoms with van der Waals surface area (Å²) in [5, 5.41) is 9.40. The van der Waals surface area contributed by atoms with Crippen molar-refractivity contribution in [2.45, 2.75) is 40.5 Å². The molecule has 1 N–H and O–H groups in total. The molecule has 0 aromatic heterocycles. The van der Waals surface area contributed by atoms with Gasteiger partial charge in [-0.3, -0.25) is 0 Å². The lowest BCUT2D eigenvalue weighted by Crippen LogP contribution is -2.13. The molecule has 0 saturated heterocycles. The third-order valence-corrected chi connectivity index (χ3v) is 3.08. The Labute approximate surface area is 99.5 Å². The summed E-state index contributed by atoms with van der Waals surface area (Å²) in [6.45, 7) is 9.00. The molecule has 0 saturated carbocycles. The molecule has 1 aromatic carbocycles. The van der Waals surface area contributed by atoms with E-state index in [4.69, 9.17) is 0 Å². The van der Waals surface area contributed by atoms with E-state index in [1.807, 2.05) is 0 Å². The van der Waals surface area contributed by atoms with E-state index in [-0.39, 0.29) is 0 Å². The predicted molar refractivity (Wildman–Crippen MR) is 69.7 cm³/mol. The van der Waals surface area contributed by atoms with E-state index in [1.165, 1.54) is 16.7 Å². The van der Waals surface area contributed by atoms with Crippen molar-refractivity contribution in [3.63, 3.8) is 0 Å². The van der Waals surface area contributed by atoms with Crippen LogP contribution in [0, 0.1) is 25.7 Å². The van der Waals surface area contributed by atoms with Crippen LogP contribution in [0.1, 0.15) is 37.0 Å². The lowest BCUT2D eigenvalue weighted by Gasteiger charge is -2.18. The van der Waals surface area contributed by atoms with Crippen LogP contribution in [-0.4, -0.2) is 11.7 Å². The smallest absolute Gasteiger partial charge is 0.0462 e. The topological polar surface area (TPSA) is 20.2 Å². The third kappa shape index (κ3) is 3.97. The molecular formula is C15H24O. The largest absolute Gasteiger partial charge is 0.396 e. The SMILES string of the molecule is Cc1ccc(C)c(CC(CO)CC(C)C)c1. The number of aliphatic hydroxyl groups excluding tert-OH is 1. The summed E-state index contributed by atoms with van der Waals surface area (Å²) in [6, 6.07) is 6.57. The molecule has 0 aliphatic carbocycles. The second-order valence-electron chi connectivity index (χ2n) is 5.31. The van der Waals surface area contributed by atoms with Crippen LogP contribution in [-0.2, 0) is 6.42 Å². The lowest BCUT2D eigenvalue weighted by atomic mass is 9.89. The average molecular weight is 220 g/mol. The molecule has 1 rings (SSSR count). The van der Waals surface area contributed by atoms with Crippen molar-refractivity contribution in [2.75, 3.05) is 6.61 Å². The average Bonchev–Trinajstić information content (AvgIpc) is 2.21. The highest BCUT2D eigenvalue weighted by Crippen LogP contribution is 2.20. The zero-order chi connectivity index (χ0) is 12.1. The highest BCUT2D eigenvalue weighted by atomic mass is 16.3. The molecule has 90 valence electrons. The highest BCUT2D eigenvalue weighted by molar-refractivity contribution is 5.30. The Hall–Kier alpha value is -0.820. The number of rotatable bonds is 5. The molecule has 0 aliphatic rings. The van der Waals surface area contributed by atoms with E-state index in [0.717, 1.165) is 12.8 Å². The normalized spacial score (nSPS) is 13.1. The van der Waals surface area contributed by atoms with Gasteiger partial charge in [-0.25, -0.2) is 0 Å². The van der Waals surface area contributed by atoms with Crippen LogP contribution in [0.5, 0.6) is 0 Å². The minimum Gasteiger partial charge on any atom is -0.396 e. The van der Waals surface area contributed by atoms with Crippen molar-refractivity contribution in [1.82, 2.24) is 0 Å². The quantitative estimate of drug-likeness (QED) is 0.805. The minimum absolute atomic E-state index is 0.297. The van der Waals surface area contributed by atoms with Gasteiger partial charge in [0.05, 0.1) is 0 Å². The fourth-order valence-corrected chi connectivity index (χ4v) is 2.22. The summed E-state index contributed by atoms with van der Waals surface area (Å²) < 4.78 is 0. The molecule has 1 atom stereocenters. The molecule has 1 aromatic rings. The lowest BCUT2D eigenvalue weighted by molar-refractivity contribution is 0.205. The molecule has 1 unspecified atom stereocenters. The molecule has 0 radical (unpaired) electrons. The molecular weight excluding hydrogens is 196 g/mol. The molecule has 0 amide bonds. The Balaban J connectivity index is 2.73. The predicted octanol–water partition coefficient (Wildman–Crippen LogP) is 3.50. The molecule has 1 heteroatoms. The van der Waals surface area contributed by atoms with Gasteiger partial charge in [-0.1, -0.05) is 37.6 Å². The second kappa shape index (κ2) is 6.05. The fourth-order valence-electron chi connectivity index (χ4n) is 2.22. The summed E-state index contributed by atoms with van der Waals surface area (Å²) in [6.07, 6.45) is 2.10. The summed E-state index contributed by atoms with van der Waals surface area (Å²) >= 11 is 0. The van der Waals surface area contributed by atoms with Gasteiger partial charge in [0, 0.05) is 6.61 Å². The maximum Gasteiger partial charge on any atom is 0.0462 e. The van der Waals surface area contributed by atoms with Crippen molar-refractivity contribution >= 4 is 0 Å². The van der Waals surface area contributed by atoms with Crippen molar-refractivity contribution in [2.24, 2.45) is 11.8 Å². The van der Waals surface area contributed by atoms with Gasteiger partial charge in [0.25, 0.3) is 0 Å². The van der Waals surface area contributed by atoms with Crippen LogP contribution >= 0.6 is 0 Å². The van der Waals surface area contributed by atoms with Gasteiger partial charge in [-0.05, 0) is 49.7 Å². The van der Waals surface area contributed by atoms with Gasteiger partial charge >= 0.3 is 0 Å². The summed E-state index contributed by atoms with van der Waals surface area (Å²) in [5.41, 5.74) is 4.04. The van der Waals surface area contributed by atoms with Crippen LogP contribution in [0.25, 0.3) is 0 Å². The van der Waals surface area contributed by atoms with Gasteiger partial charge in [0.15, 0.2) is 0 Å². The van der Waals surface area contributed by atoms with Crippen molar-refractivity contribution < 1.29 is 5.11 Å². The van der Waals surface area contributed by atoms with Crippen molar-refractivity contribution in [3.8, 4) is 0 Å². The number of hydrogen-bond donors (Lipinski definition) is 1. The van der Waals surface area contributed by atoms with Crippen LogP contribution in [0.2, 0.25) is 0 Å². The molecule has 0 fully saturated rings. The van der Waals surface area contributed by atoms with Crippen LogP contribution in [0.15, 0.2) is 18.2 Å². The number of aliphatic hydroxyl groups is 1. The van der Waals surface area contributed by atoms with Crippen LogP contribution in [0.3, 0.4) is 0 Å². The standard InChI is InChI=1S/C15H24O/c1-11(2)7-14(10-16)9-15-8-12(3)5-6-13(15)4/h5-6,8,11,14,16H,7,9-10H2,1-4H3. The Kier molecular flexibility index (Phi) is 5.01. The zero-order valence-corrected chi connectivity index (χ0v) is 11.0. The summed E-state index contributed by atoms with van der Waals surface area (Å²) in [7, 11) is 0. The first-order valence-electron chi connectivity index (χ1n) is 6.20. The molecule has 0 heterocycles. The molecule has 16 heavy (non-hydrogen) atoms. The monoisotopic (exact) mass is 220 g/mol. The fraction of sp³-hybridized carbons (Fsp3) is 0.600. The van der Waals surface area contributed by atoms with E-state index in [9.17, 15) is 5.11 Å². The Morgan fingerprint density at radius 3 is 2.44 bits per heavy atom. The summed E-state index contributed by atoms with van der Waals surface area (Å²) in [5.74, 6) is 1.06. The van der Waals surface area contributed by atoms with E-state index >= 15 is 0 Å². The van der Waals surface area contributed by atoms with E-state index in [2.05, 4.69) is 45.9 Å². The van der Waals surface area contributed by atoms with Crippen molar-refractivity contribution in [3.05, 3.63) is 34.9 Å². The Morgan fingerprint density at radius 2 is 1.88 bits per heavy atom. The number of hydrogen-bond acceptors (Lipinski definition) is 1. The first kappa shape index (κ1) is 13.2. The molecule has 1 nitrogen and oxygen atoms in total. The van der Waals surface area contributed by atoms with Crippen molar-refractivity contribution in [1.29, 1.82) is 0 Å². The summed E-state index contributed by atoms with van der Waals surface area (Å²) in [4.78, 5) is 0. The first-order chi connectivity index (χ1) is 7.52. The number of aryl methyl sites for hydroxylation is 2. The zero-order valence-electron chi connectivity index (χ0n) is 11.0. The molecule has 0 aliphatic heterocycles. The van der Waals surface area contributed by atoms with Gasteiger partial charge in [-0.2, -0.15) is 0 Å². The Bertz CT molecular complexity index is 328.